The quantitative estimate of drug-likeness (QED) is 0.883. The van der Waals surface area contributed by atoms with Gasteiger partial charge in [0, 0.05) is 18.6 Å². The number of aliphatic hydroxyl groups is 1. The summed E-state index contributed by atoms with van der Waals surface area (Å²) >= 11 is 0. The number of benzene rings is 1. The van der Waals surface area contributed by atoms with E-state index in [2.05, 4.69) is 35.2 Å². The van der Waals surface area contributed by atoms with E-state index in [0.29, 0.717) is 12.1 Å². The second-order valence-electron chi connectivity index (χ2n) is 8.38. The normalized spacial score (nSPS) is 35.5. The van der Waals surface area contributed by atoms with E-state index in [-0.39, 0.29) is 5.60 Å². The SMILES string of the molecule is OC1(CC2CCCCC2)CC2CCC(C1)N2Cc1ccccc1. The molecule has 0 radical (unpaired) electrons. The van der Waals surface area contributed by atoms with Crippen molar-refractivity contribution in [3.05, 3.63) is 35.9 Å². The lowest BCUT2D eigenvalue weighted by molar-refractivity contribution is -0.0713. The Morgan fingerprint density at radius 3 is 2.22 bits per heavy atom. The van der Waals surface area contributed by atoms with Crippen LogP contribution in [0.1, 0.15) is 69.8 Å². The molecule has 1 aliphatic carbocycles. The summed E-state index contributed by atoms with van der Waals surface area (Å²) in [5.74, 6) is 0.786. The van der Waals surface area contributed by atoms with Gasteiger partial charge in [0.25, 0.3) is 0 Å². The topological polar surface area (TPSA) is 23.5 Å². The molecule has 126 valence electrons. The summed E-state index contributed by atoms with van der Waals surface area (Å²) in [5.41, 5.74) is 1.04. The molecule has 2 nitrogen and oxygen atoms in total. The van der Waals surface area contributed by atoms with Crippen LogP contribution in [0.4, 0.5) is 0 Å². The fourth-order valence-electron chi connectivity index (χ4n) is 5.56. The second kappa shape index (κ2) is 6.57. The van der Waals surface area contributed by atoms with Gasteiger partial charge in [-0.05, 0) is 43.6 Å². The fourth-order valence-corrected chi connectivity index (χ4v) is 5.56. The van der Waals surface area contributed by atoms with Gasteiger partial charge in [0.1, 0.15) is 0 Å². The van der Waals surface area contributed by atoms with Crippen molar-refractivity contribution in [1.82, 2.24) is 4.90 Å². The molecule has 2 heterocycles. The minimum Gasteiger partial charge on any atom is -0.390 e. The summed E-state index contributed by atoms with van der Waals surface area (Å²) in [7, 11) is 0. The molecule has 2 heteroatoms. The van der Waals surface area contributed by atoms with E-state index >= 15 is 0 Å². The van der Waals surface area contributed by atoms with Crippen LogP contribution < -0.4 is 0 Å². The van der Waals surface area contributed by atoms with Gasteiger partial charge >= 0.3 is 0 Å². The number of rotatable bonds is 4. The van der Waals surface area contributed by atoms with Gasteiger partial charge in [-0.3, -0.25) is 4.90 Å². The Morgan fingerprint density at radius 1 is 0.913 bits per heavy atom. The third-order valence-electron chi connectivity index (χ3n) is 6.60. The lowest BCUT2D eigenvalue weighted by atomic mass is 9.75. The zero-order valence-corrected chi connectivity index (χ0v) is 14.3. The molecule has 1 aromatic carbocycles. The lowest BCUT2D eigenvalue weighted by Crippen LogP contribution is -2.51. The minimum absolute atomic E-state index is 0.374. The zero-order chi connectivity index (χ0) is 15.7. The van der Waals surface area contributed by atoms with E-state index in [1.165, 1.54) is 50.5 Å². The molecule has 2 saturated heterocycles. The van der Waals surface area contributed by atoms with Gasteiger partial charge < -0.3 is 5.11 Å². The van der Waals surface area contributed by atoms with E-state index < -0.39 is 0 Å². The monoisotopic (exact) mass is 313 g/mol. The second-order valence-corrected chi connectivity index (χ2v) is 8.38. The highest BCUT2D eigenvalue weighted by molar-refractivity contribution is 5.16. The molecule has 1 N–H and O–H groups in total. The first-order valence-electron chi connectivity index (χ1n) is 9.74. The van der Waals surface area contributed by atoms with Crippen LogP contribution >= 0.6 is 0 Å². The summed E-state index contributed by atoms with van der Waals surface area (Å²) in [5, 5.41) is 11.3. The molecule has 2 atom stereocenters. The number of hydrogen-bond donors (Lipinski definition) is 1. The van der Waals surface area contributed by atoms with Crippen molar-refractivity contribution in [1.29, 1.82) is 0 Å². The molecule has 23 heavy (non-hydrogen) atoms. The summed E-state index contributed by atoms with van der Waals surface area (Å²) in [6, 6.07) is 12.0. The summed E-state index contributed by atoms with van der Waals surface area (Å²) in [6.07, 6.45) is 12.5. The van der Waals surface area contributed by atoms with Gasteiger partial charge in [-0.15, -0.1) is 0 Å². The summed E-state index contributed by atoms with van der Waals surface area (Å²) in [6.45, 7) is 1.07. The van der Waals surface area contributed by atoms with Gasteiger partial charge in [0.05, 0.1) is 5.60 Å². The van der Waals surface area contributed by atoms with Crippen LogP contribution in [0, 0.1) is 5.92 Å². The van der Waals surface area contributed by atoms with Gasteiger partial charge in [0.2, 0.25) is 0 Å². The molecule has 2 unspecified atom stereocenters. The molecule has 3 fully saturated rings. The summed E-state index contributed by atoms with van der Waals surface area (Å²) < 4.78 is 0. The number of piperidine rings is 1. The number of fused-ring (bicyclic) bond motifs is 2. The Hall–Kier alpha value is -0.860. The van der Waals surface area contributed by atoms with Gasteiger partial charge in [-0.1, -0.05) is 62.4 Å². The van der Waals surface area contributed by atoms with Gasteiger partial charge in [-0.2, -0.15) is 0 Å². The number of hydrogen-bond acceptors (Lipinski definition) is 2. The van der Waals surface area contributed by atoms with Crippen LogP contribution in [0.2, 0.25) is 0 Å². The highest BCUT2D eigenvalue weighted by Gasteiger charge is 2.47. The van der Waals surface area contributed by atoms with E-state index in [0.717, 1.165) is 31.7 Å². The van der Waals surface area contributed by atoms with Gasteiger partial charge in [0.15, 0.2) is 0 Å². The first-order chi connectivity index (χ1) is 11.2. The first kappa shape index (κ1) is 15.7. The standard InChI is InChI=1S/C21H31NO/c23-21(13-17-7-3-1-4-8-17)14-19-11-12-20(15-21)22(19)16-18-9-5-2-6-10-18/h2,5-6,9-10,17,19-20,23H,1,3-4,7-8,11-16H2. The molecule has 0 spiro atoms. The maximum absolute atomic E-state index is 11.3. The van der Waals surface area contributed by atoms with Crippen LogP contribution in [-0.2, 0) is 6.54 Å². The van der Waals surface area contributed by atoms with E-state index in [4.69, 9.17) is 0 Å². The predicted octanol–water partition coefficient (Wildman–Crippen LogP) is 4.51. The molecular formula is C21H31NO. The highest BCUT2D eigenvalue weighted by atomic mass is 16.3. The van der Waals surface area contributed by atoms with Crippen molar-refractivity contribution >= 4 is 0 Å². The molecule has 2 bridgehead atoms. The Bertz CT molecular complexity index is 494. The molecule has 3 aliphatic rings. The van der Waals surface area contributed by atoms with Crippen molar-refractivity contribution in [2.75, 3.05) is 0 Å². The van der Waals surface area contributed by atoms with Crippen LogP contribution in [-0.4, -0.2) is 27.7 Å². The molecule has 2 aliphatic heterocycles. The lowest BCUT2D eigenvalue weighted by Gasteiger charge is -2.45. The van der Waals surface area contributed by atoms with Crippen molar-refractivity contribution in [2.24, 2.45) is 5.92 Å². The van der Waals surface area contributed by atoms with Crippen LogP contribution in [0.3, 0.4) is 0 Å². The molecule has 0 aromatic heterocycles. The maximum Gasteiger partial charge on any atom is 0.0680 e. The van der Waals surface area contributed by atoms with Crippen LogP contribution in [0.15, 0.2) is 30.3 Å². The molecule has 4 rings (SSSR count). The third kappa shape index (κ3) is 3.49. The maximum atomic E-state index is 11.3. The fraction of sp³-hybridized carbons (Fsp3) is 0.714. The molecule has 1 aromatic rings. The van der Waals surface area contributed by atoms with Crippen molar-refractivity contribution in [2.45, 2.75) is 88.4 Å². The largest absolute Gasteiger partial charge is 0.390 e. The Labute approximate surface area is 140 Å². The average molecular weight is 313 g/mol. The molecule has 1 saturated carbocycles. The molecule has 0 amide bonds. The number of nitrogens with zero attached hydrogens (tertiary/aromatic N) is 1. The van der Waals surface area contributed by atoms with Gasteiger partial charge in [-0.25, -0.2) is 0 Å². The van der Waals surface area contributed by atoms with Crippen molar-refractivity contribution in [3.8, 4) is 0 Å². The highest BCUT2D eigenvalue weighted by Crippen LogP contribution is 2.45. The smallest absolute Gasteiger partial charge is 0.0680 e. The van der Waals surface area contributed by atoms with Crippen molar-refractivity contribution in [3.63, 3.8) is 0 Å². The summed E-state index contributed by atoms with van der Waals surface area (Å²) in [4.78, 5) is 2.69. The zero-order valence-electron chi connectivity index (χ0n) is 14.3. The predicted molar refractivity (Wildman–Crippen MR) is 94.2 cm³/mol. The Kier molecular flexibility index (Phi) is 4.47. The average Bonchev–Trinajstić information content (AvgIpc) is 2.81. The van der Waals surface area contributed by atoms with E-state index in [1.54, 1.807) is 0 Å². The van der Waals surface area contributed by atoms with Crippen LogP contribution in [0.25, 0.3) is 0 Å². The Morgan fingerprint density at radius 2 is 1.57 bits per heavy atom. The first-order valence-corrected chi connectivity index (χ1v) is 9.74. The minimum atomic E-state index is -0.374. The van der Waals surface area contributed by atoms with E-state index in [9.17, 15) is 5.11 Å². The third-order valence-corrected chi connectivity index (χ3v) is 6.60. The van der Waals surface area contributed by atoms with E-state index in [1.807, 2.05) is 0 Å². The molecular weight excluding hydrogens is 282 g/mol. The van der Waals surface area contributed by atoms with Crippen molar-refractivity contribution < 1.29 is 5.11 Å². The van der Waals surface area contributed by atoms with Crippen LogP contribution in [0.5, 0.6) is 0 Å². The Balaban J connectivity index is 1.40.